The van der Waals surface area contributed by atoms with Gasteiger partial charge in [0.15, 0.2) is 5.76 Å². The molecule has 4 nitrogen and oxygen atoms in total. The standard InChI is InChI=1S/C24H19FN2O2/c1-15-6-5-7-16(2)22(15)27-23(28)19-8-3-4-9-20(19)24-26-14-21(29-24)17-10-12-18(25)13-11-17/h3-14H,1-2H3,(H,27,28). The Morgan fingerprint density at radius 2 is 1.62 bits per heavy atom. The van der Waals surface area contributed by atoms with Gasteiger partial charge in [0.25, 0.3) is 5.91 Å². The number of rotatable bonds is 4. The van der Waals surface area contributed by atoms with Gasteiger partial charge in [0.05, 0.1) is 11.8 Å². The van der Waals surface area contributed by atoms with E-state index in [1.807, 2.05) is 38.1 Å². The summed E-state index contributed by atoms with van der Waals surface area (Å²) in [5, 5.41) is 3.00. The fourth-order valence-corrected chi connectivity index (χ4v) is 3.21. The number of anilines is 1. The zero-order valence-electron chi connectivity index (χ0n) is 16.1. The number of halogens is 1. The summed E-state index contributed by atoms with van der Waals surface area (Å²) in [6, 6.07) is 19.0. The largest absolute Gasteiger partial charge is 0.436 e. The number of nitrogens with one attached hydrogen (secondary N) is 1. The van der Waals surface area contributed by atoms with E-state index >= 15 is 0 Å². The molecule has 0 aliphatic heterocycles. The van der Waals surface area contributed by atoms with Crippen LogP contribution in [0.15, 0.2) is 77.3 Å². The summed E-state index contributed by atoms with van der Waals surface area (Å²) in [6.07, 6.45) is 1.57. The van der Waals surface area contributed by atoms with Crippen molar-refractivity contribution in [3.63, 3.8) is 0 Å². The molecule has 1 amide bonds. The molecule has 0 saturated heterocycles. The van der Waals surface area contributed by atoms with Gasteiger partial charge in [-0.25, -0.2) is 9.37 Å². The zero-order valence-corrected chi connectivity index (χ0v) is 16.1. The Kier molecular flexibility index (Phi) is 4.96. The molecule has 1 N–H and O–H groups in total. The number of benzene rings is 3. The van der Waals surface area contributed by atoms with E-state index in [0.717, 1.165) is 16.8 Å². The van der Waals surface area contributed by atoms with E-state index in [2.05, 4.69) is 10.3 Å². The Hall–Kier alpha value is -3.73. The second kappa shape index (κ2) is 7.72. The summed E-state index contributed by atoms with van der Waals surface area (Å²) in [5.74, 6) is 0.281. The number of amides is 1. The van der Waals surface area contributed by atoms with Crippen molar-refractivity contribution in [3.8, 4) is 22.8 Å². The zero-order chi connectivity index (χ0) is 20.4. The number of para-hydroxylation sites is 1. The van der Waals surface area contributed by atoms with Crippen LogP contribution in [0.25, 0.3) is 22.8 Å². The van der Waals surface area contributed by atoms with Crippen LogP contribution in [-0.4, -0.2) is 10.9 Å². The summed E-state index contributed by atoms with van der Waals surface area (Å²) >= 11 is 0. The molecule has 3 aromatic carbocycles. The molecular formula is C24H19FN2O2. The first kappa shape index (κ1) is 18.6. The molecule has 0 spiro atoms. The molecular weight excluding hydrogens is 367 g/mol. The maximum atomic E-state index is 13.2. The van der Waals surface area contributed by atoms with E-state index in [0.29, 0.717) is 28.3 Å². The van der Waals surface area contributed by atoms with Gasteiger partial charge in [0.2, 0.25) is 5.89 Å². The molecule has 0 aliphatic rings. The molecule has 5 heteroatoms. The quantitative estimate of drug-likeness (QED) is 0.467. The molecule has 0 aliphatic carbocycles. The van der Waals surface area contributed by atoms with Crippen LogP contribution in [0.1, 0.15) is 21.5 Å². The summed E-state index contributed by atoms with van der Waals surface area (Å²) < 4.78 is 19.0. The van der Waals surface area contributed by atoms with Gasteiger partial charge < -0.3 is 9.73 Å². The molecule has 0 unspecified atom stereocenters. The highest BCUT2D eigenvalue weighted by Gasteiger charge is 2.18. The Balaban J connectivity index is 1.67. The lowest BCUT2D eigenvalue weighted by Gasteiger charge is -2.12. The van der Waals surface area contributed by atoms with Crippen molar-refractivity contribution in [3.05, 3.63) is 95.4 Å². The Morgan fingerprint density at radius 3 is 2.34 bits per heavy atom. The van der Waals surface area contributed by atoms with Gasteiger partial charge in [0.1, 0.15) is 5.82 Å². The van der Waals surface area contributed by atoms with E-state index in [9.17, 15) is 9.18 Å². The highest BCUT2D eigenvalue weighted by Crippen LogP contribution is 2.29. The molecule has 4 rings (SSSR count). The van der Waals surface area contributed by atoms with Gasteiger partial charge in [-0.2, -0.15) is 0 Å². The third kappa shape index (κ3) is 3.80. The molecule has 0 saturated carbocycles. The Morgan fingerprint density at radius 1 is 0.931 bits per heavy atom. The Bertz CT molecular complexity index is 1160. The molecule has 4 aromatic rings. The molecule has 29 heavy (non-hydrogen) atoms. The molecule has 0 fully saturated rings. The maximum Gasteiger partial charge on any atom is 0.256 e. The van der Waals surface area contributed by atoms with Gasteiger partial charge in [-0.05, 0) is 61.4 Å². The summed E-state index contributed by atoms with van der Waals surface area (Å²) in [7, 11) is 0. The van der Waals surface area contributed by atoms with Gasteiger partial charge in [-0.15, -0.1) is 0 Å². The highest BCUT2D eigenvalue weighted by atomic mass is 19.1. The highest BCUT2D eigenvalue weighted by molar-refractivity contribution is 6.08. The van der Waals surface area contributed by atoms with Crippen LogP contribution < -0.4 is 5.32 Å². The summed E-state index contributed by atoms with van der Waals surface area (Å²) in [6.45, 7) is 3.91. The Labute approximate surface area is 168 Å². The summed E-state index contributed by atoms with van der Waals surface area (Å²) in [5.41, 5.74) is 4.54. The second-order valence-corrected chi connectivity index (χ2v) is 6.80. The van der Waals surface area contributed by atoms with Crippen LogP contribution in [-0.2, 0) is 0 Å². The lowest BCUT2D eigenvalue weighted by Crippen LogP contribution is -2.14. The minimum Gasteiger partial charge on any atom is -0.436 e. The number of carbonyl (C=O) groups is 1. The van der Waals surface area contributed by atoms with Gasteiger partial charge in [-0.1, -0.05) is 30.3 Å². The third-order valence-corrected chi connectivity index (χ3v) is 4.76. The number of oxazole rings is 1. The van der Waals surface area contributed by atoms with Crippen molar-refractivity contribution in [1.29, 1.82) is 0 Å². The minimum absolute atomic E-state index is 0.237. The fraction of sp³-hybridized carbons (Fsp3) is 0.0833. The topological polar surface area (TPSA) is 55.1 Å². The SMILES string of the molecule is Cc1cccc(C)c1NC(=O)c1ccccc1-c1ncc(-c2ccc(F)cc2)o1. The molecule has 1 heterocycles. The van der Waals surface area contributed by atoms with Crippen molar-refractivity contribution < 1.29 is 13.6 Å². The van der Waals surface area contributed by atoms with E-state index in [1.165, 1.54) is 12.1 Å². The molecule has 144 valence electrons. The first-order chi connectivity index (χ1) is 14.0. The predicted octanol–water partition coefficient (Wildman–Crippen LogP) is 6.02. The maximum absolute atomic E-state index is 13.2. The van der Waals surface area contributed by atoms with Crippen LogP contribution in [0.5, 0.6) is 0 Å². The van der Waals surface area contributed by atoms with Gasteiger partial charge in [-0.3, -0.25) is 4.79 Å². The van der Waals surface area contributed by atoms with E-state index in [4.69, 9.17) is 4.42 Å². The number of aromatic nitrogens is 1. The normalized spacial score (nSPS) is 10.7. The second-order valence-electron chi connectivity index (χ2n) is 6.80. The van der Waals surface area contributed by atoms with Crippen molar-refractivity contribution in [2.24, 2.45) is 0 Å². The monoisotopic (exact) mass is 386 g/mol. The van der Waals surface area contributed by atoms with Crippen molar-refractivity contribution in [2.75, 3.05) is 5.32 Å². The van der Waals surface area contributed by atoms with Gasteiger partial charge >= 0.3 is 0 Å². The first-order valence-electron chi connectivity index (χ1n) is 9.21. The fourth-order valence-electron chi connectivity index (χ4n) is 3.21. The number of carbonyl (C=O) groups excluding carboxylic acids is 1. The van der Waals surface area contributed by atoms with Crippen LogP contribution in [0.4, 0.5) is 10.1 Å². The van der Waals surface area contributed by atoms with E-state index in [1.54, 1.807) is 36.5 Å². The van der Waals surface area contributed by atoms with Crippen LogP contribution in [0, 0.1) is 19.7 Å². The first-order valence-corrected chi connectivity index (χ1v) is 9.21. The smallest absolute Gasteiger partial charge is 0.256 e. The lowest BCUT2D eigenvalue weighted by molar-refractivity contribution is 0.102. The molecule has 0 bridgehead atoms. The summed E-state index contributed by atoms with van der Waals surface area (Å²) in [4.78, 5) is 17.3. The van der Waals surface area contributed by atoms with Crippen LogP contribution >= 0.6 is 0 Å². The van der Waals surface area contributed by atoms with Crippen molar-refractivity contribution >= 4 is 11.6 Å². The number of nitrogens with zero attached hydrogens (tertiary/aromatic N) is 1. The lowest BCUT2D eigenvalue weighted by atomic mass is 10.1. The predicted molar refractivity (Wildman–Crippen MR) is 111 cm³/mol. The molecule has 1 aromatic heterocycles. The number of hydrogen-bond acceptors (Lipinski definition) is 3. The third-order valence-electron chi connectivity index (χ3n) is 4.76. The van der Waals surface area contributed by atoms with Crippen molar-refractivity contribution in [2.45, 2.75) is 13.8 Å². The van der Waals surface area contributed by atoms with Crippen LogP contribution in [0.3, 0.4) is 0 Å². The van der Waals surface area contributed by atoms with E-state index < -0.39 is 0 Å². The van der Waals surface area contributed by atoms with Crippen LogP contribution in [0.2, 0.25) is 0 Å². The average Bonchev–Trinajstić information content (AvgIpc) is 3.21. The molecule has 0 radical (unpaired) electrons. The molecule has 0 atom stereocenters. The van der Waals surface area contributed by atoms with E-state index in [-0.39, 0.29) is 11.7 Å². The minimum atomic E-state index is -0.318. The number of hydrogen-bond donors (Lipinski definition) is 1. The average molecular weight is 386 g/mol. The van der Waals surface area contributed by atoms with Crippen molar-refractivity contribution in [1.82, 2.24) is 4.98 Å². The number of aryl methyl sites for hydroxylation is 2. The van der Waals surface area contributed by atoms with Gasteiger partial charge in [0, 0.05) is 16.8 Å².